The van der Waals surface area contributed by atoms with Gasteiger partial charge >= 0.3 is 0 Å². The molecule has 0 spiro atoms. The first kappa shape index (κ1) is 27.5. The third-order valence-corrected chi connectivity index (χ3v) is 6.90. The van der Waals surface area contributed by atoms with Crippen LogP contribution in [-0.4, -0.2) is 47.4 Å². The molecule has 9 nitrogen and oxygen atoms in total. The van der Waals surface area contributed by atoms with Crippen LogP contribution in [0.15, 0.2) is 82.8 Å². The molecule has 0 bridgehead atoms. The summed E-state index contributed by atoms with van der Waals surface area (Å²) >= 11 is 0. The lowest BCUT2D eigenvalue weighted by molar-refractivity contribution is -0.119. The lowest BCUT2D eigenvalue weighted by Gasteiger charge is -2.23. The summed E-state index contributed by atoms with van der Waals surface area (Å²) in [5.41, 5.74) is 3.40. The molecule has 0 unspecified atom stereocenters. The summed E-state index contributed by atoms with van der Waals surface area (Å²) in [5, 5.41) is 4.00. The molecule has 0 atom stereocenters. The highest BCUT2D eigenvalue weighted by Crippen LogP contribution is 2.28. The standard InChI is InChI=1S/C27H31N3O6S/c1-4-17-36-25-16-11-21(18-26(25)35-5-2)19-28-29-27(31)20-30(22-12-14-23(34-3)15-13-22)37(32,33)24-9-7-6-8-10-24/h6-16,18-19H,4-5,17,20H2,1-3H3,(H,29,31). The Hall–Kier alpha value is -4.05. The van der Waals surface area contributed by atoms with E-state index in [1.807, 2.05) is 13.8 Å². The molecule has 10 heteroatoms. The van der Waals surface area contributed by atoms with E-state index in [0.717, 1.165) is 10.7 Å². The Bertz CT molecular complexity index is 1300. The van der Waals surface area contributed by atoms with Crippen LogP contribution in [0.2, 0.25) is 0 Å². The minimum absolute atomic E-state index is 0.0657. The minimum atomic E-state index is -4.02. The van der Waals surface area contributed by atoms with Crippen LogP contribution in [0.5, 0.6) is 17.2 Å². The van der Waals surface area contributed by atoms with Gasteiger partial charge in [0.1, 0.15) is 12.3 Å². The second-order valence-corrected chi connectivity index (χ2v) is 9.67. The van der Waals surface area contributed by atoms with Crippen LogP contribution in [-0.2, 0) is 14.8 Å². The third kappa shape index (κ3) is 7.47. The van der Waals surface area contributed by atoms with Crippen molar-refractivity contribution in [3.05, 3.63) is 78.4 Å². The van der Waals surface area contributed by atoms with E-state index >= 15 is 0 Å². The number of nitrogens with one attached hydrogen (secondary N) is 1. The summed E-state index contributed by atoms with van der Waals surface area (Å²) in [6.45, 7) is 4.46. The Morgan fingerprint density at radius 2 is 1.70 bits per heavy atom. The van der Waals surface area contributed by atoms with Gasteiger partial charge in [-0.25, -0.2) is 13.8 Å². The molecule has 0 aliphatic carbocycles. The largest absolute Gasteiger partial charge is 0.497 e. The summed E-state index contributed by atoms with van der Waals surface area (Å²) in [7, 11) is -2.51. The predicted octanol–water partition coefficient (Wildman–Crippen LogP) is 4.23. The number of amides is 1. The number of carbonyl (C=O) groups excluding carboxylic acids is 1. The molecule has 0 heterocycles. The van der Waals surface area contributed by atoms with Crippen molar-refractivity contribution in [3.8, 4) is 17.2 Å². The van der Waals surface area contributed by atoms with Gasteiger partial charge in [-0.2, -0.15) is 5.10 Å². The van der Waals surface area contributed by atoms with Crippen molar-refractivity contribution in [1.29, 1.82) is 0 Å². The number of hydrogen-bond donors (Lipinski definition) is 1. The Labute approximate surface area is 217 Å². The molecule has 3 aromatic rings. The third-order valence-electron chi connectivity index (χ3n) is 5.11. The summed E-state index contributed by atoms with van der Waals surface area (Å²) in [4.78, 5) is 12.8. The summed E-state index contributed by atoms with van der Waals surface area (Å²) in [6.07, 6.45) is 2.32. The Morgan fingerprint density at radius 1 is 0.973 bits per heavy atom. The number of hydrazone groups is 1. The maximum Gasteiger partial charge on any atom is 0.264 e. The maximum atomic E-state index is 13.4. The van der Waals surface area contributed by atoms with E-state index < -0.39 is 22.5 Å². The molecule has 3 rings (SSSR count). The molecule has 0 saturated carbocycles. The molecule has 37 heavy (non-hydrogen) atoms. The topological polar surface area (TPSA) is 107 Å². The van der Waals surface area contributed by atoms with Crippen molar-refractivity contribution in [2.24, 2.45) is 5.10 Å². The van der Waals surface area contributed by atoms with E-state index in [2.05, 4.69) is 10.5 Å². The fourth-order valence-electron chi connectivity index (χ4n) is 3.33. The first-order chi connectivity index (χ1) is 17.9. The van der Waals surface area contributed by atoms with Crippen molar-refractivity contribution in [1.82, 2.24) is 5.43 Å². The smallest absolute Gasteiger partial charge is 0.264 e. The highest BCUT2D eigenvalue weighted by molar-refractivity contribution is 7.92. The number of sulfonamides is 1. The van der Waals surface area contributed by atoms with Gasteiger partial charge in [-0.1, -0.05) is 25.1 Å². The maximum absolute atomic E-state index is 13.4. The number of anilines is 1. The highest BCUT2D eigenvalue weighted by Gasteiger charge is 2.27. The average molecular weight is 526 g/mol. The molecule has 0 saturated heterocycles. The fraction of sp³-hybridized carbons (Fsp3) is 0.259. The van der Waals surface area contributed by atoms with E-state index in [9.17, 15) is 13.2 Å². The SMILES string of the molecule is CCCOc1ccc(C=NNC(=O)CN(c2ccc(OC)cc2)S(=O)(=O)c2ccccc2)cc1OCC. The Balaban J connectivity index is 1.77. The van der Waals surface area contributed by atoms with E-state index in [4.69, 9.17) is 14.2 Å². The van der Waals surface area contributed by atoms with Gasteiger partial charge in [0.25, 0.3) is 15.9 Å². The molecule has 0 fully saturated rings. The van der Waals surface area contributed by atoms with Crippen LogP contribution in [0, 0.1) is 0 Å². The van der Waals surface area contributed by atoms with Crippen molar-refractivity contribution in [2.75, 3.05) is 31.2 Å². The zero-order valence-corrected chi connectivity index (χ0v) is 21.9. The van der Waals surface area contributed by atoms with Gasteiger partial charge in [0.2, 0.25) is 0 Å². The molecular weight excluding hydrogens is 494 g/mol. The zero-order valence-electron chi connectivity index (χ0n) is 21.1. The monoisotopic (exact) mass is 525 g/mol. The molecule has 0 aliphatic rings. The van der Waals surface area contributed by atoms with Gasteiger partial charge < -0.3 is 14.2 Å². The predicted molar refractivity (Wildman–Crippen MR) is 143 cm³/mol. The van der Waals surface area contributed by atoms with Gasteiger partial charge in [-0.05, 0) is 73.5 Å². The van der Waals surface area contributed by atoms with E-state index in [1.54, 1.807) is 60.7 Å². The van der Waals surface area contributed by atoms with Crippen molar-refractivity contribution < 1.29 is 27.4 Å². The number of hydrogen-bond acceptors (Lipinski definition) is 7. The second kappa shape index (κ2) is 13.3. The summed E-state index contributed by atoms with van der Waals surface area (Å²) < 4.78 is 44.3. The van der Waals surface area contributed by atoms with Gasteiger partial charge in [0.05, 0.1) is 37.1 Å². The van der Waals surface area contributed by atoms with Gasteiger partial charge in [-0.3, -0.25) is 9.10 Å². The van der Waals surface area contributed by atoms with Crippen LogP contribution in [0.1, 0.15) is 25.8 Å². The van der Waals surface area contributed by atoms with Crippen molar-refractivity contribution in [3.63, 3.8) is 0 Å². The molecule has 0 aliphatic heterocycles. The van der Waals surface area contributed by atoms with Crippen LogP contribution in [0.25, 0.3) is 0 Å². The van der Waals surface area contributed by atoms with Crippen LogP contribution >= 0.6 is 0 Å². The second-order valence-electron chi connectivity index (χ2n) is 7.80. The first-order valence-electron chi connectivity index (χ1n) is 11.8. The van der Waals surface area contributed by atoms with Crippen molar-refractivity contribution in [2.45, 2.75) is 25.2 Å². The van der Waals surface area contributed by atoms with Gasteiger partial charge in [0, 0.05) is 0 Å². The van der Waals surface area contributed by atoms with Crippen LogP contribution < -0.4 is 23.9 Å². The number of carbonyl (C=O) groups is 1. The lowest BCUT2D eigenvalue weighted by Crippen LogP contribution is -2.39. The summed E-state index contributed by atoms with van der Waals surface area (Å²) in [5.74, 6) is 1.16. The normalized spacial score (nSPS) is 11.2. The number of nitrogens with zero attached hydrogens (tertiary/aromatic N) is 2. The Kier molecular flexibility index (Phi) is 9.91. The van der Waals surface area contributed by atoms with E-state index in [1.165, 1.54) is 25.5 Å². The van der Waals surface area contributed by atoms with Crippen molar-refractivity contribution >= 4 is 27.8 Å². The van der Waals surface area contributed by atoms with Gasteiger partial charge in [0.15, 0.2) is 11.5 Å². The number of methoxy groups -OCH3 is 1. The zero-order chi connectivity index (χ0) is 26.7. The van der Waals surface area contributed by atoms with Gasteiger partial charge in [-0.15, -0.1) is 0 Å². The van der Waals surface area contributed by atoms with Crippen LogP contribution in [0.4, 0.5) is 5.69 Å². The Morgan fingerprint density at radius 3 is 2.35 bits per heavy atom. The lowest BCUT2D eigenvalue weighted by atomic mass is 10.2. The molecule has 0 radical (unpaired) electrons. The first-order valence-corrected chi connectivity index (χ1v) is 13.3. The average Bonchev–Trinajstić information content (AvgIpc) is 2.92. The number of ether oxygens (including phenoxy) is 3. The van der Waals surface area contributed by atoms with Crippen LogP contribution in [0.3, 0.4) is 0 Å². The number of rotatable bonds is 13. The molecule has 1 N–H and O–H groups in total. The molecule has 0 aromatic heterocycles. The number of benzene rings is 3. The summed E-state index contributed by atoms with van der Waals surface area (Å²) in [6, 6.07) is 19.7. The molecular formula is C27H31N3O6S. The minimum Gasteiger partial charge on any atom is -0.497 e. The van der Waals surface area contributed by atoms with E-state index in [-0.39, 0.29) is 4.90 Å². The molecule has 3 aromatic carbocycles. The van der Waals surface area contributed by atoms with E-state index in [0.29, 0.717) is 41.7 Å². The molecule has 196 valence electrons. The fourth-order valence-corrected chi connectivity index (χ4v) is 4.77. The quantitative estimate of drug-likeness (QED) is 0.264. The molecule has 1 amide bonds. The highest BCUT2D eigenvalue weighted by atomic mass is 32.2.